The Balaban J connectivity index is 1.77. The summed E-state index contributed by atoms with van der Waals surface area (Å²) < 4.78 is 39.3. The summed E-state index contributed by atoms with van der Waals surface area (Å²) >= 11 is 0. The first-order valence-electron chi connectivity index (χ1n) is 12.2. The summed E-state index contributed by atoms with van der Waals surface area (Å²) in [7, 11) is 2.07. The van der Waals surface area contributed by atoms with Gasteiger partial charge in [0.05, 0.1) is 5.56 Å². The quantitative estimate of drug-likeness (QED) is 0.527. The van der Waals surface area contributed by atoms with E-state index in [1.165, 1.54) is 17.7 Å². The molecule has 1 aliphatic heterocycles. The average molecular weight is 477 g/mol. The molecule has 7 heteroatoms. The second kappa shape index (κ2) is 11.7. The second-order valence-electron chi connectivity index (χ2n) is 10.0. The standard InChI is InChI=1S/C27H39F3N4/c1-19(2)31-15-26(22-11-13-23(14-12-22)27(28,29)30)33(5)16-24-17-34(20(3)4)18-25(32-24)21-9-7-6-8-10-21/h6-14,19-20,24-26,31-32H,15-18H2,1-5H3. The Hall–Kier alpha value is -1.93. The molecule has 0 amide bonds. The molecule has 4 nitrogen and oxygen atoms in total. The fourth-order valence-electron chi connectivity index (χ4n) is 4.65. The van der Waals surface area contributed by atoms with E-state index in [4.69, 9.17) is 0 Å². The maximum atomic E-state index is 13.1. The molecule has 1 heterocycles. The number of hydrogen-bond acceptors (Lipinski definition) is 4. The third-order valence-electron chi connectivity index (χ3n) is 6.62. The van der Waals surface area contributed by atoms with E-state index < -0.39 is 11.7 Å². The summed E-state index contributed by atoms with van der Waals surface area (Å²) in [6, 6.07) is 17.3. The molecule has 1 aliphatic rings. The summed E-state index contributed by atoms with van der Waals surface area (Å²) in [6.45, 7) is 12.0. The van der Waals surface area contributed by atoms with Gasteiger partial charge in [0.2, 0.25) is 0 Å². The smallest absolute Gasteiger partial charge is 0.313 e. The Morgan fingerprint density at radius 3 is 2.21 bits per heavy atom. The summed E-state index contributed by atoms with van der Waals surface area (Å²) in [4.78, 5) is 4.77. The van der Waals surface area contributed by atoms with Gasteiger partial charge < -0.3 is 10.6 Å². The minimum Gasteiger partial charge on any atom is -0.313 e. The Labute approximate surface area is 202 Å². The molecule has 1 saturated heterocycles. The highest BCUT2D eigenvalue weighted by Crippen LogP contribution is 2.31. The zero-order valence-electron chi connectivity index (χ0n) is 20.9. The van der Waals surface area contributed by atoms with E-state index in [2.05, 4.69) is 79.4 Å². The lowest BCUT2D eigenvalue weighted by molar-refractivity contribution is -0.137. The maximum absolute atomic E-state index is 13.1. The van der Waals surface area contributed by atoms with E-state index in [0.29, 0.717) is 12.6 Å². The second-order valence-corrected chi connectivity index (χ2v) is 10.0. The first kappa shape index (κ1) is 26.7. The number of likely N-dealkylation sites (N-methyl/N-ethyl adjacent to an activating group) is 1. The van der Waals surface area contributed by atoms with Crippen molar-refractivity contribution < 1.29 is 13.2 Å². The van der Waals surface area contributed by atoms with E-state index >= 15 is 0 Å². The molecule has 0 saturated carbocycles. The van der Waals surface area contributed by atoms with Gasteiger partial charge in [-0.05, 0) is 44.2 Å². The van der Waals surface area contributed by atoms with E-state index in [1.807, 2.05) is 6.07 Å². The zero-order chi connectivity index (χ0) is 24.9. The number of alkyl halides is 3. The minimum absolute atomic E-state index is 0.0314. The van der Waals surface area contributed by atoms with Crippen molar-refractivity contribution in [1.29, 1.82) is 0 Å². The Morgan fingerprint density at radius 1 is 1.00 bits per heavy atom. The lowest BCUT2D eigenvalue weighted by Gasteiger charge is -2.43. The van der Waals surface area contributed by atoms with Crippen LogP contribution in [-0.2, 0) is 6.18 Å². The molecule has 1 fully saturated rings. The van der Waals surface area contributed by atoms with Gasteiger partial charge in [0.15, 0.2) is 0 Å². The van der Waals surface area contributed by atoms with Crippen molar-refractivity contribution >= 4 is 0 Å². The van der Waals surface area contributed by atoms with Gasteiger partial charge in [0, 0.05) is 56.4 Å². The van der Waals surface area contributed by atoms with Gasteiger partial charge in [-0.1, -0.05) is 56.3 Å². The highest BCUT2D eigenvalue weighted by atomic mass is 19.4. The first-order chi connectivity index (χ1) is 16.0. The normalized spacial score (nSPS) is 20.9. The molecule has 188 valence electrons. The average Bonchev–Trinajstić information content (AvgIpc) is 2.79. The first-order valence-corrected chi connectivity index (χ1v) is 12.2. The molecule has 0 aliphatic carbocycles. The van der Waals surface area contributed by atoms with Crippen LogP contribution in [0.15, 0.2) is 54.6 Å². The van der Waals surface area contributed by atoms with Crippen molar-refractivity contribution in [2.45, 2.75) is 64.1 Å². The number of rotatable bonds is 9. The van der Waals surface area contributed by atoms with Crippen LogP contribution in [0, 0.1) is 0 Å². The van der Waals surface area contributed by atoms with Crippen molar-refractivity contribution in [3.63, 3.8) is 0 Å². The van der Waals surface area contributed by atoms with Gasteiger partial charge in [-0.2, -0.15) is 13.2 Å². The van der Waals surface area contributed by atoms with Crippen LogP contribution in [0.3, 0.4) is 0 Å². The molecule has 0 spiro atoms. The predicted octanol–water partition coefficient (Wildman–Crippen LogP) is 5.10. The Bertz CT molecular complexity index is 868. The molecule has 3 unspecified atom stereocenters. The lowest BCUT2D eigenvalue weighted by Crippen LogP contribution is -2.57. The van der Waals surface area contributed by atoms with Gasteiger partial charge in [-0.15, -0.1) is 0 Å². The molecule has 3 rings (SSSR count). The topological polar surface area (TPSA) is 30.5 Å². The maximum Gasteiger partial charge on any atom is 0.416 e. The molecule has 3 atom stereocenters. The monoisotopic (exact) mass is 476 g/mol. The van der Waals surface area contributed by atoms with Crippen molar-refractivity contribution in [2.75, 3.05) is 33.2 Å². The van der Waals surface area contributed by atoms with Crippen LogP contribution < -0.4 is 10.6 Å². The molecule has 2 aromatic carbocycles. The van der Waals surface area contributed by atoms with Gasteiger partial charge in [-0.3, -0.25) is 9.80 Å². The largest absolute Gasteiger partial charge is 0.416 e. The molecular weight excluding hydrogens is 437 g/mol. The van der Waals surface area contributed by atoms with Crippen molar-refractivity contribution in [3.8, 4) is 0 Å². The Kier molecular flexibility index (Phi) is 9.15. The van der Waals surface area contributed by atoms with Crippen molar-refractivity contribution in [2.24, 2.45) is 0 Å². The predicted molar refractivity (Wildman–Crippen MR) is 133 cm³/mol. The molecule has 2 aromatic rings. The van der Waals surface area contributed by atoms with E-state index in [0.717, 1.165) is 25.2 Å². The molecule has 0 radical (unpaired) electrons. The molecule has 0 bridgehead atoms. The van der Waals surface area contributed by atoms with Crippen LogP contribution in [0.25, 0.3) is 0 Å². The van der Waals surface area contributed by atoms with Crippen LogP contribution in [0.4, 0.5) is 13.2 Å². The number of piperazine rings is 1. The highest BCUT2D eigenvalue weighted by Gasteiger charge is 2.32. The van der Waals surface area contributed by atoms with Gasteiger partial charge in [0.25, 0.3) is 0 Å². The van der Waals surface area contributed by atoms with Crippen LogP contribution in [-0.4, -0.2) is 61.2 Å². The number of benzene rings is 2. The fraction of sp³-hybridized carbons (Fsp3) is 0.556. The number of hydrogen-bond donors (Lipinski definition) is 2. The number of nitrogens with one attached hydrogen (secondary N) is 2. The van der Waals surface area contributed by atoms with E-state index in [1.54, 1.807) is 12.1 Å². The highest BCUT2D eigenvalue weighted by molar-refractivity contribution is 5.27. The number of nitrogens with zero attached hydrogens (tertiary/aromatic N) is 2. The van der Waals surface area contributed by atoms with Crippen LogP contribution in [0.2, 0.25) is 0 Å². The summed E-state index contributed by atoms with van der Waals surface area (Å²) in [5.74, 6) is 0. The minimum atomic E-state index is -4.32. The van der Waals surface area contributed by atoms with E-state index in [9.17, 15) is 13.2 Å². The molecular formula is C27H39F3N4. The third kappa shape index (κ3) is 7.28. The molecule has 0 aromatic heterocycles. The van der Waals surface area contributed by atoms with Gasteiger partial charge in [-0.25, -0.2) is 0 Å². The summed E-state index contributed by atoms with van der Waals surface area (Å²) in [5, 5.41) is 7.31. The molecule has 34 heavy (non-hydrogen) atoms. The fourth-order valence-corrected chi connectivity index (χ4v) is 4.65. The zero-order valence-corrected chi connectivity index (χ0v) is 20.9. The van der Waals surface area contributed by atoms with E-state index in [-0.39, 0.29) is 24.2 Å². The van der Waals surface area contributed by atoms with Crippen LogP contribution in [0.5, 0.6) is 0 Å². The SMILES string of the molecule is CC(C)NCC(c1ccc(C(F)(F)F)cc1)N(C)CC1CN(C(C)C)CC(c2ccccc2)N1. The molecule has 2 N–H and O–H groups in total. The Morgan fingerprint density at radius 2 is 1.65 bits per heavy atom. The summed E-state index contributed by atoms with van der Waals surface area (Å²) in [5.41, 5.74) is 1.56. The van der Waals surface area contributed by atoms with Crippen LogP contribution >= 0.6 is 0 Å². The number of halogens is 3. The van der Waals surface area contributed by atoms with Gasteiger partial charge in [0.1, 0.15) is 0 Å². The van der Waals surface area contributed by atoms with Crippen molar-refractivity contribution in [3.05, 3.63) is 71.3 Å². The summed E-state index contributed by atoms with van der Waals surface area (Å²) in [6.07, 6.45) is -4.32. The van der Waals surface area contributed by atoms with Crippen LogP contribution in [0.1, 0.15) is 56.5 Å². The third-order valence-corrected chi connectivity index (χ3v) is 6.62. The lowest BCUT2D eigenvalue weighted by atomic mass is 9.99. The van der Waals surface area contributed by atoms with Crippen molar-refractivity contribution in [1.82, 2.24) is 20.4 Å². The van der Waals surface area contributed by atoms with Gasteiger partial charge >= 0.3 is 6.18 Å².